The summed E-state index contributed by atoms with van der Waals surface area (Å²) < 4.78 is 10.9. The number of ether oxygens (including phenoxy) is 2. The highest BCUT2D eigenvalue weighted by Crippen LogP contribution is 2.34. The summed E-state index contributed by atoms with van der Waals surface area (Å²) in [5, 5.41) is 3.49. The van der Waals surface area contributed by atoms with Crippen LogP contribution in [-0.4, -0.2) is 19.9 Å². The van der Waals surface area contributed by atoms with Gasteiger partial charge in [0.05, 0.1) is 0 Å². The maximum atomic E-state index is 5.49. The van der Waals surface area contributed by atoms with E-state index in [0.29, 0.717) is 12.7 Å². The van der Waals surface area contributed by atoms with Gasteiger partial charge in [-0.1, -0.05) is 39.7 Å². The van der Waals surface area contributed by atoms with Crippen LogP contribution in [0.15, 0.2) is 18.2 Å². The second-order valence-electron chi connectivity index (χ2n) is 6.08. The summed E-state index contributed by atoms with van der Waals surface area (Å²) in [6, 6.07) is 6.39. The molecule has 1 heterocycles. The maximum Gasteiger partial charge on any atom is 0.231 e. The van der Waals surface area contributed by atoms with Crippen LogP contribution in [0.2, 0.25) is 0 Å². The Labute approximate surface area is 129 Å². The molecule has 0 fully saturated rings. The average Bonchev–Trinajstić information content (AvgIpc) is 2.96. The van der Waals surface area contributed by atoms with Crippen molar-refractivity contribution in [2.45, 2.75) is 46.5 Å². The molecule has 0 aromatic heterocycles. The molecular weight excluding hydrogens is 262 g/mol. The first kappa shape index (κ1) is 16.2. The number of rotatable bonds is 9. The highest BCUT2D eigenvalue weighted by molar-refractivity contribution is 5.44. The van der Waals surface area contributed by atoms with E-state index in [4.69, 9.17) is 9.47 Å². The van der Waals surface area contributed by atoms with Crippen LogP contribution in [0.1, 0.15) is 45.6 Å². The monoisotopic (exact) mass is 291 g/mol. The van der Waals surface area contributed by atoms with Gasteiger partial charge in [-0.3, -0.25) is 0 Å². The molecular formula is C18H29NO2. The molecule has 1 aromatic rings. The Bertz CT molecular complexity index is 433. The van der Waals surface area contributed by atoms with E-state index in [0.717, 1.165) is 36.9 Å². The van der Waals surface area contributed by atoms with Gasteiger partial charge in [0, 0.05) is 0 Å². The lowest BCUT2D eigenvalue weighted by molar-refractivity contribution is 0.174. The van der Waals surface area contributed by atoms with Crippen molar-refractivity contribution in [3.8, 4) is 11.5 Å². The first-order valence-electron chi connectivity index (χ1n) is 8.33. The molecule has 0 saturated heterocycles. The van der Waals surface area contributed by atoms with Gasteiger partial charge in [0.25, 0.3) is 0 Å². The molecule has 1 aliphatic heterocycles. The second kappa shape index (κ2) is 8.28. The van der Waals surface area contributed by atoms with Crippen molar-refractivity contribution < 1.29 is 9.47 Å². The molecule has 3 nitrogen and oxygen atoms in total. The molecule has 1 aromatic carbocycles. The van der Waals surface area contributed by atoms with Crippen LogP contribution in [0.25, 0.3) is 0 Å². The summed E-state index contributed by atoms with van der Waals surface area (Å²) in [6.45, 7) is 9.33. The van der Waals surface area contributed by atoms with Gasteiger partial charge in [-0.05, 0) is 55.5 Å². The predicted octanol–water partition coefficient (Wildman–Crippen LogP) is 4.01. The summed E-state index contributed by atoms with van der Waals surface area (Å²) in [7, 11) is 0. The van der Waals surface area contributed by atoms with Crippen molar-refractivity contribution in [2.75, 3.05) is 19.9 Å². The lowest BCUT2D eigenvalue weighted by atomic mass is 9.84. The van der Waals surface area contributed by atoms with E-state index >= 15 is 0 Å². The number of nitrogens with one attached hydrogen (secondary N) is 1. The Morgan fingerprint density at radius 2 is 2.00 bits per heavy atom. The van der Waals surface area contributed by atoms with Crippen molar-refractivity contribution in [2.24, 2.45) is 11.8 Å². The quantitative estimate of drug-likeness (QED) is 0.745. The third-order valence-corrected chi connectivity index (χ3v) is 4.38. The molecule has 118 valence electrons. The van der Waals surface area contributed by atoms with E-state index < -0.39 is 0 Å². The molecule has 0 amide bonds. The molecule has 0 bridgehead atoms. The van der Waals surface area contributed by atoms with Crippen LogP contribution in [0.5, 0.6) is 11.5 Å². The number of hydrogen-bond donors (Lipinski definition) is 1. The number of unbranched alkanes of at least 4 members (excludes halogenated alkanes) is 1. The zero-order valence-electron chi connectivity index (χ0n) is 13.7. The van der Waals surface area contributed by atoms with Gasteiger partial charge in [0.15, 0.2) is 11.5 Å². The van der Waals surface area contributed by atoms with E-state index in [9.17, 15) is 0 Å². The molecule has 2 atom stereocenters. The highest BCUT2D eigenvalue weighted by atomic mass is 16.7. The minimum atomic E-state index is 0.356. The Morgan fingerprint density at radius 1 is 1.19 bits per heavy atom. The molecule has 0 spiro atoms. The van der Waals surface area contributed by atoms with Crippen LogP contribution >= 0.6 is 0 Å². The zero-order chi connectivity index (χ0) is 15.1. The third kappa shape index (κ3) is 4.63. The smallest absolute Gasteiger partial charge is 0.231 e. The van der Waals surface area contributed by atoms with Crippen LogP contribution in [-0.2, 0) is 6.42 Å². The van der Waals surface area contributed by atoms with Gasteiger partial charge >= 0.3 is 0 Å². The average molecular weight is 291 g/mol. The van der Waals surface area contributed by atoms with Crippen molar-refractivity contribution in [1.82, 2.24) is 5.32 Å². The van der Waals surface area contributed by atoms with E-state index in [1.807, 2.05) is 6.07 Å². The zero-order valence-corrected chi connectivity index (χ0v) is 13.7. The first-order valence-corrected chi connectivity index (χ1v) is 8.33. The Morgan fingerprint density at radius 3 is 2.76 bits per heavy atom. The van der Waals surface area contributed by atoms with E-state index in [1.54, 1.807) is 0 Å². The fourth-order valence-electron chi connectivity index (χ4n) is 2.96. The SMILES string of the molecule is CCCCC(Cc1ccc2c(c1)OCO2)C(C)CNCC. The van der Waals surface area contributed by atoms with Gasteiger partial charge in [-0.2, -0.15) is 0 Å². The fourth-order valence-corrected chi connectivity index (χ4v) is 2.96. The van der Waals surface area contributed by atoms with Crippen molar-refractivity contribution >= 4 is 0 Å². The molecule has 0 aliphatic carbocycles. The topological polar surface area (TPSA) is 30.5 Å². The van der Waals surface area contributed by atoms with Crippen LogP contribution in [0, 0.1) is 11.8 Å². The number of fused-ring (bicyclic) bond motifs is 1. The lowest BCUT2D eigenvalue weighted by Gasteiger charge is -2.24. The Hall–Kier alpha value is -1.22. The standard InChI is InChI=1S/C18H29NO2/c1-4-6-7-16(14(3)12-19-5-2)10-15-8-9-17-18(11-15)21-13-20-17/h8-9,11,14,16,19H,4-7,10,12-13H2,1-3H3. The highest BCUT2D eigenvalue weighted by Gasteiger charge is 2.19. The van der Waals surface area contributed by atoms with Crippen LogP contribution in [0.3, 0.4) is 0 Å². The van der Waals surface area contributed by atoms with E-state index in [1.165, 1.54) is 24.8 Å². The van der Waals surface area contributed by atoms with E-state index in [-0.39, 0.29) is 0 Å². The summed E-state index contributed by atoms with van der Waals surface area (Å²) >= 11 is 0. The Kier molecular flexibility index (Phi) is 6.37. The molecule has 1 aliphatic rings. The van der Waals surface area contributed by atoms with Gasteiger partial charge in [-0.15, -0.1) is 0 Å². The summed E-state index contributed by atoms with van der Waals surface area (Å²) in [5.74, 6) is 3.21. The van der Waals surface area contributed by atoms with Crippen LogP contribution < -0.4 is 14.8 Å². The summed E-state index contributed by atoms with van der Waals surface area (Å²) in [4.78, 5) is 0. The third-order valence-electron chi connectivity index (χ3n) is 4.38. The lowest BCUT2D eigenvalue weighted by Crippen LogP contribution is -2.27. The molecule has 1 N–H and O–H groups in total. The summed E-state index contributed by atoms with van der Waals surface area (Å²) in [6.07, 6.45) is 5.01. The second-order valence-corrected chi connectivity index (χ2v) is 6.08. The minimum Gasteiger partial charge on any atom is -0.454 e. The first-order chi connectivity index (χ1) is 10.2. The summed E-state index contributed by atoms with van der Waals surface area (Å²) in [5.41, 5.74) is 1.36. The molecule has 0 radical (unpaired) electrons. The van der Waals surface area contributed by atoms with Crippen LogP contribution in [0.4, 0.5) is 0 Å². The van der Waals surface area contributed by atoms with Gasteiger partial charge in [0.2, 0.25) is 6.79 Å². The maximum absolute atomic E-state index is 5.49. The van der Waals surface area contributed by atoms with Gasteiger partial charge in [0.1, 0.15) is 0 Å². The van der Waals surface area contributed by atoms with Crippen molar-refractivity contribution in [1.29, 1.82) is 0 Å². The normalized spacial score (nSPS) is 16.0. The molecule has 0 saturated carbocycles. The van der Waals surface area contributed by atoms with Gasteiger partial charge < -0.3 is 14.8 Å². The predicted molar refractivity (Wildman–Crippen MR) is 87.0 cm³/mol. The number of benzene rings is 1. The van der Waals surface area contributed by atoms with E-state index in [2.05, 4.69) is 38.2 Å². The minimum absolute atomic E-state index is 0.356. The molecule has 21 heavy (non-hydrogen) atoms. The molecule has 2 rings (SSSR count). The van der Waals surface area contributed by atoms with Crippen molar-refractivity contribution in [3.05, 3.63) is 23.8 Å². The Balaban J connectivity index is 1.99. The molecule has 3 heteroatoms. The fraction of sp³-hybridized carbons (Fsp3) is 0.667. The number of hydrogen-bond acceptors (Lipinski definition) is 3. The largest absolute Gasteiger partial charge is 0.454 e. The van der Waals surface area contributed by atoms with Crippen molar-refractivity contribution in [3.63, 3.8) is 0 Å². The van der Waals surface area contributed by atoms with Gasteiger partial charge in [-0.25, -0.2) is 0 Å². The molecule has 2 unspecified atom stereocenters.